The minimum absolute atomic E-state index is 0.0513. The topological polar surface area (TPSA) is 87.7 Å². The number of rotatable bonds is 8. The highest BCUT2D eigenvalue weighted by atomic mass is 32.2. The zero-order valence-corrected chi connectivity index (χ0v) is 18.2. The van der Waals surface area contributed by atoms with E-state index in [2.05, 4.69) is 14.9 Å². The zero-order chi connectivity index (χ0) is 21.6. The first kappa shape index (κ1) is 22.3. The molecule has 1 saturated heterocycles. The van der Waals surface area contributed by atoms with Crippen LogP contribution >= 0.6 is 0 Å². The molecule has 2 aromatic rings. The molecule has 1 atom stereocenters. The van der Waals surface area contributed by atoms with Crippen LogP contribution in [0.2, 0.25) is 0 Å². The van der Waals surface area contributed by atoms with Crippen LogP contribution in [0.4, 0.5) is 5.69 Å². The van der Waals surface area contributed by atoms with E-state index in [1.165, 1.54) is 25.5 Å². The molecule has 1 aliphatic rings. The molecule has 3 rings (SSSR count). The molecular weight excluding hydrogens is 402 g/mol. The van der Waals surface area contributed by atoms with Crippen molar-refractivity contribution in [1.82, 2.24) is 9.62 Å². The average molecular weight is 432 g/mol. The van der Waals surface area contributed by atoms with Crippen molar-refractivity contribution in [2.75, 3.05) is 32.1 Å². The van der Waals surface area contributed by atoms with Gasteiger partial charge < -0.3 is 10.1 Å². The number of ether oxygens (including phenoxy) is 1. The van der Waals surface area contributed by atoms with E-state index >= 15 is 0 Å². The maximum atomic E-state index is 12.8. The Balaban J connectivity index is 1.75. The number of nitrogens with zero attached hydrogens (tertiary/aromatic N) is 1. The molecule has 1 aliphatic heterocycles. The fraction of sp³-hybridized carbons (Fsp3) is 0.409. The third kappa shape index (κ3) is 5.81. The minimum Gasteiger partial charge on any atom is -0.497 e. The lowest BCUT2D eigenvalue weighted by atomic mass is 10.0. The Morgan fingerprint density at radius 3 is 2.23 bits per heavy atom. The largest absolute Gasteiger partial charge is 0.497 e. The molecule has 1 amide bonds. The summed E-state index contributed by atoms with van der Waals surface area (Å²) >= 11 is 0. The van der Waals surface area contributed by atoms with Crippen LogP contribution in [0.5, 0.6) is 5.75 Å². The Bertz CT molecular complexity index is 937. The number of amides is 1. The van der Waals surface area contributed by atoms with Gasteiger partial charge in [-0.3, -0.25) is 9.69 Å². The molecule has 8 heteroatoms. The van der Waals surface area contributed by atoms with E-state index in [0.717, 1.165) is 37.2 Å². The SMILES string of the molecule is COc1ccc([C@@H](CNS(=O)(=O)c2ccc(NC(C)=O)cc2)N2CCCCC2)cc1. The van der Waals surface area contributed by atoms with Gasteiger partial charge in [0.05, 0.1) is 12.0 Å². The molecule has 0 saturated carbocycles. The molecular formula is C22H29N3O4S. The molecule has 0 radical (unpaired) electrons. The smallest absolute Gasteiger partial charge is 0.240 e. The molecule has 2 aromatic carbocycles. The van der Waals surface area contributed by atoms with Crippen LogP contribution in [0.3, 0.4) is 0 Å². The monoisotopic (exact) mass is 431 g/mol. The van der Waals surface area contributed by atoms with Gasteiger partial charge in [0, 0.05) is 25.2 Å². The molecule has 1 heterocycles. The lowest BCUT2D eigenvalue weighted by Crippen LogP contribution is -2.40. The summed E-state index contributed by atoms with van der Waals surface area (Å²) in [5.74, 6) is 0.573. The van der Waals surface area contributed by atoms with Gasteiger partial charge in [-0.15, -0.1) is 0 Å². The molecule has 0 bridgehead atoms. The molecule has 0 aliphatic carbocycles. The van der Waals surface area contributed by atoms with Crippen molar-refractivity contribution in [1.29, 1.82) is 0 Å². The molecule has 0 unspecified atom stereocenters. The van der Waals surface area contributed by atoms with Crippen molar-refractivity contribution in [2.45, 2.75) is 37.1 Å². The number of benzene rings is 2. The van der Waals surface area contributed by atoms with Gasteiger partial charge in [-0.25, -0.2) is 13.1 Å². The van der Waals surface area contributed by atoms with Crippen molar-refractivity contribution >= 4 is 21.6 Å². The Kier molecular flexibility index (Phi) is 7.47. The van der Waals surface area contributed by atoms with Crippen molar-refractivity contribution in [3.63, 3.8) is 0 Å². The van der Waals surface area contributed by atoms with E-state index in [9.17, 15) is 13.2 Å². The Morgan fingerprint density at radius 2 is 1.67 bits per heavy atom. The minimum atomic E-state index is -3.67. The number of carbonyl (C=O) groups excluding carboxylic acids is 1. The third-order valence-electron chi connectivity index (χ3n) is 5.28. The van der Waals surface area contributed by atoms with E-state index in [1.807, 2.05) is 24.3 Å². The average Bonchev–Trinajstić information content (AvgIpc) is 2.75. The summed E-state index contributed by atoms with van der Waals surface area (Å²) in [7, 11) is -2.05. The Morgan fingerprint density at radius 1 is 1.03 bits per heavy atom. The number of hydrogen-bond donors (Lipinski definition) is 2. The molecule has 0 aromatic heterocycles. The summed E-state index contributed by atoms with van der Waals surface area (Å²) < 4.78 is 33.7. The van der Waals surface area contributed by atoms with Gasteiger partial charge in [-0.05, 0) is 67.9 Å². The van der Waals surface area contributed by atoms with Crippen LogP contribution in [0, 0.1) is 0 Å². The first-order valence-corrected chi connectivity index (χ1v) is 11.6. The maximum Gasteiger partial charge on any atom is 0.240 e. The lowest BCUT2D eigenvalue weighted by molar-refractivity contribution is -0.114. The summed E-state index contributed by atoms with van der Waals surface area (Å²) in [4.78, 5) is 13.7. The van der Waals surface area contributed by atoms with E-state index in [1.54, 1.807) is 19.2 Å². The first-order chi connectivity index (χ1) is 14.4. The number of sulfonamides is 1. The number of hydrogen-bond acceptors (Lipinski definition) is 5. The fourth-order valence-electron chi connectivity index (χ4n) is 3.71. The number of carbonyl (C=O) groups is 1. The van der Waals surface area contributed by atoms with Gasteiger partial charge in [0.25, 0.3) is 0 Å². The molecule has 162 valence electrons. The summed E-state index contributed by atoms with van der Waals surface area (Å²) in [5.41, 5.74) is 1.62. The number of nitrogens with one attached hydrogen (secondary N) is 2. The molecule has 2 N–H and O–H groups in total. The standard InChI is InChI=1S/C22H29N3O4S/c1-17(26)24-19-8-12-21(13-9-19)30(27,28)23-16-22(25-14-4-3-5-15-25)18-6-10-20(29-2)11-7-18/h6-13,22-23H,3-5,14-16H2,1-2H3,(H,24,26)/t22-/m1/s1. The number of methoxy groups -OCH3 is 1. The van der Waals surface area contributed by atoms with Crippen LogP contribution in [0.1, 0.15) is 37.8 Å². The lowest BCUT2D eigenvalue weighted by Gasteiger charge is -2.35. The van der Waals surface area contributed by atoms with Crippen LogP contribution < -0.4 is 14.8 Å². The predicted octanol–water partition coefficient (Wildman–Crippen LogP) is 3.16. The van der Waals surface area contributed by atoms with Crippen LogP contribution in [-0.4, -0.2) is 46.0 Å². The van der Waals surface area contributed by atoms with Crippen LogP contribution in [0.25, 0.3) is 0 Å². The van der Waals surface area contributed by atoms with E-state index in [-0.39, 0.29) is 23.4 Å². The van der Waals surface area contributed by atoms with Crippen LogP contribution in [0.15, 0.2) is 53.4 Å². The van der Waals surface area contributed by atoms with Gasteiger partial charge in [0.15, 0.2) is 0 Å². The van der Waals surface area contributed by atoms with E-state index in [0.29, 0.717) is 5.69 Å². The van der Waals surface area contributed by atoms with E-state index < -0.39 is 10.0 Å². The fourth-order valence-corrected chi connectivity index (χ4v) is 4.74. The predicted molar refractivity (Wildman–Crippen MR) is 117 cm³/mol. The summed E-state index contributed by atoms with van der Waals surface area (Å²) in [5, 5.41) is 2.64. The van der Waals surface area contributed by atoms with Crippen molar-refractivity contribution in [2.24, 2.45) is 0 Å². The van der Waals surface area contributed by atoms with Crippen molar-refractivity contribution in [3.05, 3.63) is 54.1 Å². The number of likely N-dealkylation sites (tertiary alicyclic amines) is 1. The first-order valence-electron chi connectivity index (χ1n) is 10.1. The normalized spacial score (nSPS) is 16.1. The quantitative estimate of drug-likeness (QED) is 0.670. The molecule has 1 fully saturated rings. The third-order valence-corrected chi connectivity index (χ3v) is 6.72. The second kappa shape index (κ2) is 10.1. The second-order valence-corrected chi connectivity index (χ2v) is 9.21. The molecule has 7 nitrogen and oxygen atoms in total. The summed E-state index contributed by atoms with van der Waals surface area (Å²) in [6.07, 6.45) is 3.44. The Hall–Kier alpha value is -2.42. The number of piperidine rings is 1. The van der Waals surface area contributed by atoms with Gasteiger partial charge >= 0.3 is 0 Å². The zero-order valence-electron chi connectivity index (χ0n) is 17.4. The highest BCUT2D eigenvalue weighted by Crippen LogP contribution is 2.26. The van der Waals surface area contributed by atoms with Crippen molar-refractivity contribution < 1.29 is 17.9 Å². The molecule has 0 spiro atoms. The van der Waals surface area contributed by atoms with Gasteiger partial charge in [-0.2, -0.15) is 0 Å². The van der Waals surface area contributed by atoms with E-state index in [4.69, 9.17) is 4.74 Å². The van der Waals surface area contributed by atoms with Gasteiger partial charge in [0.2, 0.25) is 15.9 Å². The maximum absolute atomic E-state index is 12.8. The van der Waals surface area contributed by atoms with Crippen LogP contribution in [-0.2, 0) is 14.8 Å². The van der Waals surface area contributed by atoms with Crippen molar-refractivity contribution in [3.8, 4) is 5.75 Å². The summed E-state index contributed by atoms with van der Waals surface area (Å²) in [6, 6.07) is 13.9. The Labute approximate surface area is 178 Å². The van der Waals surface area contributed by atoms with Gasteiger partial charge in [0.1, 0.15) is 5.75 Å². The number of anilines is 1. The highest BCUT2D eigenvalue weighted by Gasteiger charge is 2.25. The summed E-state index contributed by atoms with van der Waals surface area (Å²) in [6.45, 7) is 3.59. The molecule has 30 heavy (non-hydrogen) atoms. The highest BCUT2D eigenvalue weighted by molar-refractivity contribution is 7.89. The van der Waals surface area contributed by atoms with Gasteiger partial charge in [-0.1, -0.05) is 18.6 Å². The second-order valence-electron chi connectivity index (χ2n) is 7.44.